The molecule has 0 aliphatic carbocycles. The molecule has 8 nitrogen and oxygen atoms in total. The van der Waals surface area contributed by atoms with E-state index in [1.807, 2.05) is 10.8 Å². The van der Waals surface area contributed by atoms with Crippen molar-refractivity contribution in [2.75, 3.05) is 5.73 Å². The number of nitrogens with zero attached hydrogens (tertiary/aromatic N) is 5. The molecule has 0 aliphatic rings. The molecule has 19 heavy (non-hydrogen) atoms. The smallest absolute Gasteiger partial charge is 0.332 e. The van der Waals surface area contributed by atoms with Gasteiger partial charge in [0.15, 0.2) is 0 Å². The molecule has 2 aromatic rings. The van der Waals surface area contributed by atoms with Gasteiger partial charge in [-0.1, -0.05) is 6.92 Å². The van der Waals surface area contributed by atoms with Gasteiger partial charge in [-0.25, -0.2) is 15.0 Å². The third kappa shape index (κ3) is 2.67. The summed E-state index contributed by atoms with van der Waals surface area (Å²) >= 11 is 0. The number of nitro groups is 1. The number of nitrogens with two attached hydrogens (primary N) is 1. The van der Waals surface area contributed by atoms with Gasteiger partial charge in [0.25, 0.3) is 0 Å². The van der Waals surface area contributed by atoms with E-state index in [4.69, 9.17) is 5.73 Å². The van der Waals surface area contributed by atoms with Crippen LogP contribution in [-0.2, 0) is 13.0 Å². The molecule has 0 aromatic carbocycles. The molecule has 100 valence electrons. The molecule has 0 bridgehead atoms. The predicted molar refractivity (Wildman–Crippen MR) is 68.4 cm³/mol. The molecule has 2 rings (SSSR count). The number of imidazole rings is 1. The van der Waals surface area contributed by atoms with Crippen molar-refractivity contribution in [3.63, 3.8) is 0 Å². The third-order valence-electron chi connectivity index (χ3n) is 2.70. The summed E-state index contributed by atoms with van der Waals surface area (Å²) in [4.78, 5) is 22.2. The van der Waals surface area contributed by atoms with Crippen molar-refractivity contribution < 1.29 is 4.92 Å². The topological polar surface area (TPSA) is 113 Å². The molecular formula is C11H14N6O2. The third-order valence-corrected chi connectivity index (χ3v) is 2.70. The van der Waals surface area contributed by atoms with Crippen LogP contribution in [0.1, 0.15) is 24.9 Å². The number of nitrogen functional groups attached to an aromatic ring is 1. The highest BCUT2D eigenvalue weighted by Gasteiger charge is 2.22. The van der Waals surface area contributed by atoms with Crippen molar-refractivity contribution in [3.8, 4) is 0 Å². The van der Waals surface area contributed by atoms with Crippen molar-refractivity contribution >= 4 is 11.5 Å². The Balaban J connectivity index is 2.35. The second-order valence-corrected chi connectivity index (χ2v) is 4.02. The van der Waals surface area contributed by atoms with E-state index in [9.17, 15) is 10.1 Å². The van der Waals surface area contributed by atoms with Crippen LogP contribution < -0.4 is 5.73 Å². The zero-order chi connectivity index (χ0) is 13.8. The zero-order valence-electron chi connectivity index (χ0n) is 10.5. The summed E-state index contributed by atoms with van der Waals surface area (Å²) < 4.78 is 1.95. The number of hydrogen-bond acceptors (Lipinski definition) is 6. The van der Waals surface area contributed by atoms with Gasteiger partial charge in [0, 0.05) is 18.9 Å². The van der Waals surface area contributed by atoms with E-state index >= 15 is 0 Å². The molecule has 0 unspecified atom stereocenters. The average Bonchev–Trinajstić information content (AvgIpc) is 2.77. The maximum atomic E-state index is 11.0. The fraction of sp³-hybridized carbons (Fsp3) is 0.364. The summed E-state index contributed by atoms with van der Waals surface area (Å²) in [6.07, 6.45) is 5.95. The van der Waals surface area contributed by atoms with E-state index in [0.29, 0.717) is 0 Å². The Labute approximate surface area is 109 Å². The Morgan fingerprint density at radius 2 is 2.21 bits per heavy atom. The summed E-state index contributed by atoms with van der Waals surface area (Å²) in [7, 11) is 0. The molecular weight excluding hydrogens is 248 g/mol. The first-order valence-electron chi connectivity index (χ1n) is 5.87. The maximum Gasteiger partial charge on any atom is 0.332 e. The van der Waals surface area contributed by atoms with Crippen LogP contribution in [0.4, 0.5) is 11.5 Å². The van der Waals surface area contributed by atoms with E-state index < -0.39 is 4.92 Å². The van der Waals surface area contributed by atoms with E-state index in [1.54, 1.807) is 6.20 Å². The molecule has 2 aromatic heterocycles. The Hall–Kier alpha value is -2.51. The SMILES string of the molecule is CCCn1ccnc1Cc1ncnc(N)c1[N+](=O)[O-]. The van der Waals surface area contributed by atoms with Gasteiger partial charge in [-0.15, -0.1) is 0 Å². The molecule has 2 N–H and O–H groups in total. The largest absolute Gasteiger partial charge is 0.378 e. The zero-order valence-corrected chi connectivity index (χ0v) is 10.5. The van der Waals surface area contributed by atoms with Crippen LogP contribution in [0, 0.1) is 10.1 Å². The lowest BCUT2D eigenvalue weighted by Gasteiger charge is -2.06. The van der Waals surface area contributed by atoms with Crippen LogP contribution in [0.2, 0.25) is 0 Å². The lowest BCUT2D eigenvalue weighted by Crippen LogP contribution is -2.09. The number of aryl methyl sites for hydroxylation is 1. The Bertz CT molecular complexity index is 595. The number of hydrogen-bond donors (Lipinski definition) is 1. The van der Waals surface area contributed by atoms with Crippen molar-refractivity contribution in [3.05, 3.63) is 40.4 Å². The fourth-order valence-corrected chi connectivity index (χ4v) is 1.86. The Morgan fingerprint density at radius 1 is 1.42 bits per heavy atom. The van der Waals surface area contributed by atoms with Gasteiger partial charge in [0.1, 0.15) is 17.8 Å². The van der Waals surface area contributed by atoms with Gasteiger partial charge < -0.3 is 10.3 Å². The van der Waals surface area contributed by atoms with Crippen LogP contribution in [0.25, 0.3) is 0 Å². The summed E-state index contributed by atoms with van der Waals surface area (Å²) in [5.41, 5.74) is 5.56. The highest BCUT2D eigenvalue weighted by Crippen LogP contribution is 2.23. The molecule has 0 saturated carbocycles. The standard InChI is InChI=1S/C11H14N6O2/c1-2-4-16-5-3-13-9(16)6-8-10(17(18)19)11(12)15-7-14-8/h3,5,7H,2,4,6H2,1H3,(H2,12,14,15). The van der Waals surface area contributed by atoms with Crippen LogP contribution in [0.5, 0.6) is 0 Å². The Kier molecular flexibility index (Phi) is 3.69. The van der Waals surface area contributed by atoms with Gasteiger partial charge in [-0.05, 0) is 6.42 Å². The van der Waals surface area contributed by atoms with Gasteiger partial charge >= 0.3 is 5.69 Å². The number of aromatic nitrogens is 4. The van der Waals surface area contributed by atoms with E-state index in [0.717, 1.165) is 18.8 Å². The lowest BCUT2D eigenvalue weighted by atomic mass is 10.2. The second kappa shape index (κ2) is 5.42. The van der Waals surface area contributed by atoms with Crippen LogP contribution in [-0.4, -0.2) is 24.4 Å². The molecule has 0 fully saturated rings. The first-order chi connectivity index (χ1) is 9.13. The van der Waals surface area contributed by atoms with Crippen molar-refractivity contribution in [1.82, 2.24) is 19.5 Å². The van der Waals surface area contributed by atoms with E-state index in [-0.39, 0.29) is 23.6 Å². The van der Waals surface area contributed by atoms with E-state index in [2.05, 4.69) is 21.9 Å². The minimum atomic E-state index is -0.558. The summed E-state index contributed by atoms with van der Waals surface area (Å²) in [5, 5.41) is 11.0. The first kappa shape index (κ1) is 12.9. The quantitative estimate of drug-likeness (QED) is 0.639. The molecule has 0 amide bonds. The summed E-state index contributed by atoms with van der Waals surface area (Å²) in [5.74, 6) is 0.603. The first-order valence-corrected chi connectivity index (χ1v) is 5.87. The summed E-state index contributed by atoms with van der Waals surface area (Å²) in [6, 6.07) is 0. The van der Waals surface area contributed by atoms with Gasteiger partial charge in [-0.2, -0.15) is 0 Å². The number of rotatable bonds is 5. The van der Waals surface area contributed by atoms with Crippen LogP contribution in [0.15, 0.2) is 18.7 Å². The molecule has 0 atom stereocenters. The van der Waals surface area contributed by atoms with Gasteiger partial charge in [0.05, 0.1) is 11.3 Å². The normalized spacial score (nSPS) is 10.6. The molecule has 2 heterocycles. The van der Waals surface area contributed by atoms with Gasteiger partial charge in [0.2, 0.25) is 5.82 Å². The Morgan fingerprint density at radius 3 is 2.89 bits per heavy atom. The summed E-state index contributed by atoms with van der Waals surface area (Å²) in [6.45, 7) is 2.86. The van der Waals surface area contributed by atoms with Crippen molar-refractivity contribution in [1.29, 1.82) is 0 Å². The predicted octanol–water partition coefficient (Wildman–Crippen LogP) is 1.16. The monoisotopic (exact) mass is 262 g/mol. The van der Waals surface area contributed by atoms with E-state index in [1.165, 1.54) is 6.33 Å². The average molecular weight is 262 g/mol. The van der Waals surface area contributed by atoms with Crippen molar-refractivity contribution in [2.45, 2.75) is 26.3 Å². The van der Waals surface area contributed by atoms with Crippen molar-refractivity contribution in [2.24, 2.45) is 0 Å². The van der Waals surface area contributed by atoms with Crippen LogP contribution in [0.3, 0.4) is 0 Å². The fourth-order valence-electron chi connectivity index (χ4n) is 1.86. The highest BCUT2D eigenvalue weighted by atomic mass is 16.6. The minimum absolute atomic E-state index is 0.122. The molecule has 0 spiro atoms. The van der Waals surface area contributed by atoms with Crippen LogP contribution >= 0.6 is 0 Å². The van der Waals surface area contributed by atoms with Gasteiger partial charge in [-0.3, -0.25) is 10.1 Å². The highest BCUT2D eigenvalue weighted by molar-refractivity contribution is 5.55. The second-order valence-electron chi connectivity index (χ2n) is 4.02. The molecule has 8 heteroatoms. The molecule has 0 saturated heterocycles. The molecule has 0 aliphatic heterocycles. The number of anilines is 1. The molecule has 0 radical (unpaired) electrons. The maximum absolute atomic E-state index is 11.0. The lowest BCUT2D eigenvalue weighted by molar-refractivity contribution is -0.385. The minimum Gasteiger partial charge on any atom is -0.378 e.